The molecule has 0 radical (unpaired) electrons. The number of hydrogen-bond donors (Lipinski definition) is 1. The Hall–Kier alpha value is -2.51. The zero-order chi connectivity index (χ0) is 25.2. The topological polar surface area (TPSA) is 110 Å². The third kappa shape index (κ3) is 4.01. The van der Waals surface area contributed by atoms with Crippen LogP contribution in [-0.4, -0.2) is 64.1 Å². The van der Waals surface area contributed by atoms with E-state index in [2.05, 4.69) is 19.8 Å². The fourth-order valence-corrected chi connectivity index (χ4v) is 8.57. The fourth-order valence-electron chi connectivity index (χ4n) is 6.15. The summed E-state index contributed by atoms with van der Waals surface area (Å²) in [4.78, 5) is 23.4. The standard InChI is InChI=1S/C23H26F2N6O3S2/c1-12-6-13-7-15(9-16(12)20(13)32)36(33,34)29-14-8-19-17(18-2-4-31(28-18)23(24)25)10-27-21(30(19)11-14)22-26-3-5-35-22/h2-5,12-16,23,29H,6-11H2,1H3/t12?,13?,14-,15+,16+/m0/s1. The molecule has 0 spiro atoms. The third-order valence-electron chi connectivity index (χ3n) is 7.85. The Morgan fingerprint density at radius 3 is 2.78 bits per heavy atom. The second-order valence-electron chi connectivity index (χ2n) is 10.0. The molecule has 2 aromatic heterocycles. The van der Waals surface area contributed by atoms with Crippen molar-refractivity contribution >= 4 is 38.6 Å². The lowest BCUT2D eigenvalue weighted by Gasteiger charge is -2.28. The van der Waals surface area contributed by atoms with Crippen LogP contribution in [0.3, 0.4) is 0 Å². The molecule has 36 heavy (non-hydrogen) atoms. The van der Waals surface area contributed by atoms with Gasteiger partial charge in [-0.1, -0.05) is 6.92 Å². The van der Waals surface area contributed by atoms with Crippen LogP contribution in [0.4, 0.5) is 8.78 Å². The van der Waals surface area contributed by atoms with Gasteiger partial charge in [0.2, 0.25) is 10.0 Å². The Morgan fingerprint density at radius 1 is 1.25 bits per heavy atom. The lowest BCUT2D eigenvalue weighted by molar-refractivity contribution is -0.126. The van der Waals surface area contributed by atoms with Crippen molar-refractivity contribution in [1.82, 2.24) is 24.4 Å². The summed E-state index contributed by atoms with van der Waals surface area (Å²) >= 11 is 1.43. The van der Waals surface area contributed by atoms with Crippen molar-refractivity contribution in [1.29, 1.82) is 0 Å². The summed E-state index contributed by atoms with van der Waals surface area (Å²) in [6, 6.07) is 1.11. The van der Waals surface area contributed by atoms with Crippen LogP contribution in [-0.2, 0) is 14.8 Å². The number of ketones is 1. The molecule has 2 aromatic rings. The number of carbonyl (C=O) groups excluding carboxylic acids is 1. The van der Waals surface area contributed by atoms with Crippen molar-refractivity contribution in [3.63, 3.8) is 0 Å². The Labute approximate surface area is 211 Å². The number of Topliss-reactive ketones (excluding diaryl/α,β-unsaturated/α-hetero) is 1. The van der Waals surface area contributed by atoms with Gasteiger partial charge >= 0.3 is 6.55 Å². The van der Waals surface area contributed by atoms with Crippen LogP contribution >= 0.6 is 11.3 Å². The third-order valence-corrected chi connectivity index (χ3v) is 10.5. The molecule has 2 bridgehead atoms. The van der Waals surface area contributed by atoms with Crippen molar-refractivity contribution in [3.05, 3.63) is 40.2 Å². The van der Waals surface area contributed by atoms with Gasteiger partial charge in [-0.05, 0) is 31.2 Å². The summed E-state index contributed by atoms with van der Waals surface area (Å²) in [5, 5.41) is 5.99. The summed E-state index contributed by atoms with van der Waals surface area (Å²) in [5.74, 6) is 0.741. The van der Waals surface area contributed by atoms with E-state index in [1.165, 1.54) is 23.6 Å². The molecular formula is C23H26F2N6O3S2. The van der Waals surface area contributed by atoms with E-state index in [4.69, 9.17) is 0 Å². The number of hydrogen-bond acceptors (Lipinski definition) is 8. The van der Waals surface area contributed by atoms with Gasteiger partial charge in [0.25, 0.3) is 0 Å². The van der Waals surface area contributed by atoms with E-state index in [1.807, 2.05) is 17.2 Å². The molecule has 4 heterocycles. The Kier molecular flexibility index (Phi) is 5.84. The summed E-state index contributed by atoms with van der Waals surface area (Å²) in [6.45, 7) is -0.127. The van der Waals surface area contributed by atoms with Crippen molar-refractivity contribution in [2.45, 2.75) is 50.4 Å². The first-order chi connectivity index (χ1) is 17.2. The van der Waals surface area contributed by atoms with Gasteiger partial charge in [-0.2, -0.15) is 13.9 Å². The predicted octanol–water partition coefficient (Wildman–Crippen LogP) is 2.90. The van der Waals surface area contributed by atoms with Crippen LogP contribution in [0, 0.1) is 17.8 Å². The van der Waals surface area contributed by atoms with Crippen LogP contribution in [0.5, 0.6) is 0 Å². The van der Waals surface area contributed by atoms with Gasteiger partial charge in [-0.3, -0.25) is 9.79 Å². The van der Waals surface area contributed by atoms with E-state index < -0.39 is 27.9 Å². The average Bonchev–Trinajstić information content (AvgIpc) is 3.61. The zero-order valence-corrected chi connectivity index (χ0v) is 21.2. The summed E-state index contributed by atoms with van der Waals surface area (Å²) in [6.07, 6.45) is 4.80. The molecule has 2 aliphatic carbocycles. The summed E-state index contributed by atoms with van der Waals surface area (Å²) < 4.78 is 56.6. The summed E-state index contributed by atoms with van der Waals surface area (Å²) in [5.41, 5.74) is 1.92. The Bertz CT molecular complexity index is 1350. The maximum Gasteiger partial charge on any atom is 0.333 e. The van der Waals surface area contributed by atoms with Gasteiger partial charge in [0.05, 0.1) is 17.5 Å². The molecule has 6 rings (SSSR count). The maximum atomic E-state index is 13.4. The largest absolute Gasteiger partial charge is 0.333 e. The number of thiazole rings is 1. The molecule has 9 nitrogen and oxygen atoms in total. The minimum Gasteiger partial charge on any atom is -0.326 e. The SMILES string of the molecule is CC1CC2C[C@@H](S(=O)(=O)N[C@H]3CC4=C(c5ccn(C(F)F)n5)CN=C(c5nccs5)N4C3)C[C@H]1C2=O. The van der Waals surface area contributed by atoms with Gasteiger partial charge in [-0.15, -0.1) is 11.3 Å². The quantitative estimate of drug-likeness (QED) is 0.608. The molecule has 0 aromatic carbocycles. The van der Waals surface area contributed by atoms with E-state index in [0.717, 1.165) is 12.1 Å². The highest BCUT2D eigenvalue weighted by Crippen LogP contribution is 2.45. The van der Waals surface area contributed by atoms with Crippen LogP contribution in [0.25, 0.3) is 5.57 Å². The number of nitrogens with zero attached hydrogens (tertiary/aromatic N) is 5. The normalized spacial score (nSPS) is 30.3. The number of fused-ring (bicyclic) bond motifs is 3. The molecule has 3 fully saturated rings. The lowest BCUT2D eigenvalue weighted by Crippen LogP contribution is -2.46. The number of aromatic nitrogens is 3. The number of amidine groups is 1. The first kappa shape index (κ1) is 23.9. The Morgan fingerprint density at radius 2 is 2.08 bits per heavy atom. The zero-order valence-electron chi connectivity index (χ0n) is 19.5. The van der Waals surface area contributed by atoms with Crippen molar-refractivity contribution in [2.24, 2.45) is 22.7 Å². The maximum absolute atomic E-state index is 13.4. The number of rotatable bonds is 6. The minimum atomic E-state index is -3.67. The molecular weight excluding hydrogens is 510 g/mol. The van der Waals surface area contributed by atoms with Crippen LogP contribution in [0.2, 0.25) is 0 Å². The van der Waals surface area contributed by atoms with Crippen molar-refractivity contribution < 1.29 is 22.0 Å². The molecule has 1 saturated heterocycles. The minimum absolute atomic E-state index is 0.168. The fraction of sp³-hybridized carbons (Fsp3) is 0.565. The van der Waals surface area contributed by atoms with Gasteiger partial charge in [0.15, 0.2) is 10.8 Å². The highest BCUT2D eigenvalue weighted by atomic mass is 32.2. The highest BCUT2D eigenvalue weighted by Gasteiger charge is 2.49. The second-order valence-corrected chi connectivity index (χ2v) is 12.9. The van der Waals surface area contributed by atoms with E-state index >= 15 is 0 Å². The van der Waals surface area contributed by atoms with Crippen LogP contribution in [0.15, 0.2) is 34.5 Å². The average molecular weight is 537 g/mol. The van der Waals surface area contributed by atoms with E-state index in [0.29, 0.717) is 52.6 Å². The summed E-state index contributed by atoms with van der Waals surface area (Å²) in [7, 11) is -3.67. The number of nitrogens with one attached hydrogen (secondary N) is 1. The van der Waals surface area contributed by atoms with Gasteiger partial charge in [0, 0.05) is 59.9 Å². The van der Waals surface area contributed by atoms with Gasteiger partial charge < -0.3 is 4.90 Å². The molecule has 2 unspecified atom stereocenters. The van der Waals surface area contributed by atoms with E-state index in [1.54, 1.807) is 6.20 Å². The van der Waals surface area contributed by atoms with Crippen LogP contribution < -0.4 is 4.72 Å². The molecule has 2 saturated carbocycles. The molecule has 4 aliphatic rings. The van der Waals surface area contributed by atoms with Crippen LogP contribution in [0.1, 0.15) is 49.9 Å². The van der Waals surface area contributed by atoms with E-state index in [9.17, 15) is 22.0 Å². The smallest absolute Gasteiger partial charge is 0.326 e. The van der Waals surface area contributed by atoms with Crippen molar-refractivity contribution in [3.8, 4) is 0 Å². The van der Waals surface area contributed by atoms with Crippen molar-refractivity contribution in [2.75, 3.05) is 13.1 Å². The molecule has 2 aliphatic heterocycles. The number of alkyl halides is 2. The molecule has 1 N–H and O–H groups in total. The van der Waals surface area contributed by atoms with Gasteiger partial charge in [0.1, 0.15) is 5.78 Å². The Balaban J connectivity index is 1.27. The molecule has 192 valence electrons. The first-order valence-electron chi connectivity index (χ1n) is 12.0. The number of aliphatic imine (C=N–C) groups is 1. The molecule has 5 atom stereocenters. The van der Waals surface area contributed by atoms with Gasteiger partial charge in [-0.25, -0.2) is 22.8 Å². The predicted molar refractivity (Wildman–Crippen MR) is 130 cm³/mol. The molecule has 13 heteroatoms. The van der Waals surface area contributed by atoms with E-state index in [-0.39, 0.29) is 30.1 Å². The number of sulfonamides is 1. The number of carbonyl (C=O) groups is 1. The highest BCUT2D eigenvalue weighted by molar-refractivity contribution is 7.90. The molecule has 0 amide bonds. The lowest BCUT2D eigenvalue weighted by atomic mass is 9.86. The second kappa shape index (κ2) is 8.80. The first-order valence-corrected chi connectivity index (χ1v) is 14.5. The number of halogens is 2. The monoisotopic (exact) mass is 536 g/mol.